The van der Waals surface area contributed by atoms with Crippen molar-refractivity contribution in [2.45, 2.75) is 33.5 Å². The summed E-state index contributed by atoms with van der Waals surface area (Å²) in [5.41, 5.74) is 0. The van der Waals surface area contributed by atoms with E-state index in [-0.39, 0.29) is 5.92 Å². The zero-order valence-corrected chi connectivity index (χ0v) is 8.26. The molecule has 0 saturated carbocycles. The van der Waals surface area contributed by atoms with Gasteiger partial charge in [0, 0.05) is 13.2 Å². The predicted molar refractivity (Wildman–Crippen MR) is 46.4 cm³/mol. The highest BCUT2D eigenvalue weighted by Gasteiger charge is 2.32. The van der Waals surface area contributed by atoms with Gasteiger partial charge in [-0.2, -0.15) is 5.26 Å². The van der Waals surface area contributed by atoms with Gasteiger partial charge >= 0.3 is 0 Å². The molecule has 0 aliphatic heterocycles. The Labute approximate surface area is 74.3 Å². The van der Waals surface area contributed by atoms with Gasteiger partial charge < -0.3 is 9.47 Å². The summed E-state index contributed by atoms with van der Waals surface area (Å²) < 4.78 is 10.8. The molecule has 3 heteroatoms. The molecule has 0 aromatic rings. The summed E-state index contributed by atoms with van der Waals surface area (Å²) in [5, 5.41) is 8.71. The first kappa shape index (κ1) is 11.4. The molecule has 1 unspecified atom stereocenters. The Morgan fingerprint density at radius 1 is 1.33 bits per heavy atom. The van der Waals surface area contributed by atoms with E-state index >= 15 is 0 Å². The molecule has 0 fully saturated rings. The second kappa shape index (κ2) is 5.13. The third kappa shape index (κ3) is 2.80. The van der Waals surface area contributed by atoms with Crippen molar-refractivity contribution in [1.82, 2.24) is 0 Å². The van der Waals surface area contributed by atoms with Crippen LogP contribution in [-0.4, -0.2) is 19.0 Å². The minimum Gasteiger partial charge on any atom is -0.349 e. The second-order valence-corrected chi connectivity index (χ2v) is 2.73. The molecular weight excluding hydrogens is 154 g/mol. The van der Waals surface area contributed by atoms with E-state index in [1.807, 2.05) is 13.8 Å². The van der Waals surface area contributed by atoms with E-state index < -0.39 is 5.79 Å². The van der Waals surface area contributed by atoms with E-state index in [0.717, 1.165) is 0 Å². The van der Waals surface area contributed by atoms with Gasteiger partial charge in [0.1, 0.15) is 0 Å². The van der Waals surface area contributed by atoms with E-state index in [9.17, 15) is 0 Å². The Bertz CT molecular complexity index is 156. The SMILES string of the molecule is CCOC(C)(OCC)C(C)C#N. The molecular formula is C9H17NO2. The van der Waals surface area contributed by atoms with Crippen LogP contribution in [0.1, 0.15) is 27.7 Å². The van der Waals surface area contributed by atoms with Gasteiger partial charge in [-0.15, -0.1) is 0 Å². The van der Waals surface area contributed by atoms with Gasteiger partial charge in [-0.1, -0.05) is 0 Å². The van der Waals surface area contributed by atoms with E-state index in [1.54, 1.807) is 13.8 Å². The highest BCUT2D eigenvalue weighted by molar-refractivity contribution is 4.89. The molecule has 0 amide bonds. The Balaban J connectivity index is 4.28. The van der Waals surface area contributed by atoms with Crippen molar-refractivity contribution in [1.29, 1.82) is 5.26 Å². The van der Waals surface area contributed by atoms with Crippen molar-refractivity contribution in [3.8, 4) is 6.07 Å². The highest BCUT2D eigenvalue weighted by atomic mass is 16.7. The van der Waals surface area contributed by atoms with Gasteiger partial charge in [-0.25, -0.2) is 0 Å². The Hall–Kier alpha value is -0.590. The minimum atomic E-state index is -0.752. The van der Waals surface area contributed by atoms with Crippen molar-refractivity contribution >= 4 is 0 Å². The average Bonchev–Trinajstić information content (AvgIpc) is 2.04. The summed E-state index contributed by atoms with van der Waals surface area (Å²) >= 11 is 0. The molecule has 0 aromatic heterocycles. The molecule has 0 bridgehead atoms. The van der Waals surface area contributed by atoms with Gasteiger partial charge in [0.15, 0.2) is 5.79 Å². The Kier molecular flexibility index (Phi) is 4.87. The molecule has 70 valence electrons. The van der Waals surface area contributed by atoms with Gasteiger partial charge in [-0.05, 0) is 27.7 Å². The molecule has 3 nitrogen and oxygen atoms in total. The third-order valence-electron chi connectivity index (χ3n) is 1.84. The number of hydrogen-bond acceptors (Lipinski definition) is 3. The molecule has 0 saturated heterocycles. The van der Waals surface area contributed by atoms with Crippen LogP contribution in [0, 0.1) is 17.2 Å². The van der Waals surface area contributed by atoms with Crippen LogP contribution in [0.3, 0.4) is 0 Å². The van der Waals surface area contributed by atoms with E-state index in [0.29, 0.717) is 13.2 Å². The lowest BCUT2D eigenvalue weighted by atomic mass is 10.0. The summed E-state index contributed by atoms with van der Waals surface area (Å²) in [6.45, 7) is 8.49. The topological polar surface area (TPSA) is 42.2 Å². The molecule has 0 heterocycles. The molecule has 12 heavy (non-hydrogen) atoms. The van der Waals surface area contributed by atoms with Crippen molar-refractivity contribution in [2.24, 2.45) is 5.92 Å². The maximum absolute atomic E-state index is 8.71. The van der Waals surface area contributed by atoms with Crippen molar-refractivity contribution in [2.75, 3.05) is 13.2 Å². The van der Waals surface area contributed by atoms with Crippen LogP contribution in [0.25, 0.3) is 0 Å². The molecule has 0 spiro atoms. The van der Waals surface area contributed by atoms with Crippen molar-refractivity contribution < 1.29 is 9.47 Å². The third-order valence-corrected chi connectivity index (χ3v) is 1.84. The molecule has 1 atom stereocenters. The van der Waals surface area contributed by atoms with Crippen LogP contribution in [0.4, 0.5) is 0 Å². The number of ether oxygens (including phenoxy) is 2. The monoisotopic (exact) mass is 171 g/mol. The maximum atomic E-state index is 8.71. The predicted octanol–water partition coefficient (Wildman–Crippen LogP) is 1.94. The molecule has 0 N–H and O–H groups in total. The van der Waals surface area contributed by atoms with E-state index in [1.165, 1.54) is 0 Å². The average molecular weight is 171 g/mol. The fourth-order valence-corrected chi connectivity index (χ4v) is 0.982. The van der Waals surface area contributed by atoms with Crippen LogP contribution >= 0.6 is 0 Å². The van der Waals surface area contributed by atoms with Gasteiger partial charge in [0.2, 0.25) is 0 Å². The summed E-state index contributed by atoms with van der Waals surface area (Å²) in [4.78, 5) is 0. The first-order valence-corrected chi connectivity index (χ1v) is 4.28. The minimum absolute atomic E-state index is 0.252. The van der Waals surface area contributed by atoms with Crippen LogP contribution in [-0.2, 0) is 9.47 Å². The number of nitrogens with zero attached hydrogens (tertiary/aromatic N) is 1. The highest BCUT2D eigenvalue weighted by Crippen LogP contribution is 2.22. The summed E-state index contributed by atoms with van der Waals surface area (Å²) in [6.07, 6.45) is 0. The zero-order valence-electron chi connectivity index (χ0n) is 8.26. The number of hydrogen-bond donors (Lipinski definition) is 0. The lowest BCUT2D eigenvalue weighted by Crippen LogP contribution is -2.38. The number of rotatable bonds is 5. The largest absolute Gasteiger partial charge is 0.349 e. The first-order valence-electron chi connectivity index (χ1n) is 4.28. The van der Waals surface area contributed by atoms with Crippen LogP contribution in [0.2, 0.25) is 0 Å². The van der Waals surface area contributed by atoms with Crippen molar-refractivity contribution in [3.63, 3.8) is 0 Å². The lowest BCUT2D eigenvalue weighted by Gasteiger charge is -2.31. The van der Waals surface area contributed by atoms with E-state index in [2.05, 4.69) is 6.07 Å². The van der Waals surface area contributed by atoms with Gasteiger partial charge in [0.25, 0.3) is 0 Å². The first-order chi connectivity index (χ1) is 5.60. The van der Waals surface area contributed by atoms with Crippen LogP contribution in [0.15, 0.2) is 0 Å². The fourth-order valence-electron chi connectivity index (χ4n) is 0.982. The lowest BCUT2D eigenvalue weighted by molar-refractivity contribution is -0.238. The molecule has 0 aliphatic rings. The Morgan fingerprint density at radius 2 is 1.75 bits per heavy atom. The molecule has 0 rings (SSSR count). The summed E-state index contributed by atoms with van der Waals surface area (Å²) in [7, 11) is 0. The fraction of sp³-hybridized carbons (Fsp3) is 0.889. The van der Waals surface area contributed by atoms with Crippen molar-refractivity contribution in [3.05, 3.63) is 0 Å². The molecule has 0 aromatic carbocycles. The second-order valence-electron chi connectivity index (χ2n) is 2.73. The van der Waals surface area contributed by atoms with Crippen LogP contribution in [0.5, 0.6) is 0 Å². The molecule has 0 aliphatic carbocycles. The normalized spacial score (nSPS) is 13.9. The summed E-state index contributed by atoms with van der Waals surface area (Å²) in [5.74, 6) is -1.00. The number of nitriles is 1. The van der Waals surface area contributed by atoms with Gasteiger partial charge in [0.05, 0.1) is 12.0 Å². The quantitative estimate of drug-likeness (QED) is 0.593. The smallest absolute Gasteiger partial charge is 0.180 e. The zero-order chi connectivity index (χ0) is 9.61. The Morgan fingerprint density at radius 3 is 2.00 bits per heavy atom. The summed E-state index contributed by atoms with van der Waals surface area (Å²) in [6, 6.07) is 2.13. The standard InChI is InChI=1S/C9H17NO2/c1-5-11-9(4,12-6-2)8(3)7-10/h8H,5-6H2,1-4H3. The van der Waals surface area contributed by atoms with E-state index in [4.69, 9.17) is 14.7 Å². The van der Waals surface area contributed by atoms with Gasteiger partial charge in [-0.3, -0.25) is 0 Å². The maximum Gasteiger partial charge on any atom is 0.180 e. The van der Waals surface area contributed by atoms with Crippen LogP contribution < -0.4 is 0 Å². The molecule has 0 radical (unpaired) electrons.